The van der Waals surface area contributed by atoms with Crippen LogP contribution in [-0.2, 0) is 0 Å². The number of hydrogen-bond acceptors (Lipinski definition) is 3. The average Bonchev–Trinajstić information content (AvgIpc) is 2.59. The average molecular weight is 179 g/mol. The number of thioether (sulfide) groups is 3. The van der Waals surface area contributed by atoms with Crippen molar-refractivity contribution in [3.05, 3.63) is 5.25 Å². The summed E-state index contributed by atoms with van der Waals surface area (Å²) in [5.41, 5.74) is 0. The maximum absolute atomic E-state index is 2.19. The second-order valence-corrected chi connectivity index (χ2v) is 4.76. The van der Waals surface area contributed by atoms with Crippen molar-refractivity contribution >= 4 is 35.3 Å². The standard InChI is InChI=1S/C6H11S3/c1-7-4-5(8-2)6(4)9-3/h4-5H,1-3H3/q+1. The van der Waals surface area contributed by atoms with Gasteiger partial charge in [-0.05, 0) is 12.5 Å². The number of hydrogen-bond donors (Lipinski definition) is 0. The van der Waals surface area contributed by atoms with E-state index in [4.69, 9.17) is 0 Å². The van der Waals surface area contributed by atoms with E-state index >= 15 is 0 Å². The van der Waals surface area contributed by atoms with Crippen LogP contribution in [-0.4, -0.2) is 29.3 Å². The molecule has 0 nitrogen and oxygen atoms in total. The van der Waals surface area contributed by atoms with Crippen molar-refractivity contribution in [1.82, 2.24) is 0 Å². The van der Waals surface area contributed by atoms with Crippen LogP contribution in [0.5, 0.6) is 0 Å². The van der Waals surface area contributed by atoms with Crippen molar-refractivity contribution in [2.75, 3.05) is 18.8 Å². The molecule has 1 saturated carbocycles. The smallest absolute Gasteiger partial charge is 0.107 e. The summed E-state index contributed by atoms with van der Waals surface area (Å²) in [6, 6.07) is 0. The first kappa shape index (κ1) is 8.02. The summed E-state index contributed by atoms with van der Waals surface area (Å²) >= 11 is 5.89. The molecule has 0 heterocycles. The molecule has 2 atom stereocenters. The van der Waals surface area contributed by atoms with Gasteiger partial charge in [0.05, 0.1) is 11.8 Å². The maximum atomic E-state index is 2.19. The van der Waals surface area contributed by atoms with E-state index in [0.717, 1.165) is 10.5 Å². The van der Waals surface area contributed by atoms with E-state index in [9.17, 15) is 0 Å². The summed E-state index contributed by atoms with van der Waals surface area (Å²) in [6.45, 7) is 0. The van der Waals surface area contributed by atoms with Crippen LogP contribution in [0, 0.1) is 5.25 Å². The highest BCUT2D eigenvalue weighted by atomic mass is 32.2. The summed E-state index contributed by atoms with van der Waals surface area (Å²) in [5, 5.41) is 3.39. The van der Waals surface area contributed by atoms with E-state index in [-0.39, 0.29) is 0 Å². The molecule has 2 unspecified atom stereocenters. The van der Waals surface area contributed by atoms with Crippen LogP contribution in [0.3, 0.4) is 0 Å². The van der Waals surface area contributed by atoms with E-state index in [1.54, 1.807) is 5.25 Å². The molecular weight excluding hydrogens is 168 g/mol. The second kappa shape index (κ2) is 3.35. The maximum Gasteiger partial charge on any atom is 0.213 e. The van der Waals surface area contributed by atoms with E-state index in [1.807, 2.05) is 35.3 Å². The van der Waals surface area contributed by atoms with Gasteiger partial charge in [-0.3, -0.25) is 0 Å². The van der Waals surface area contributed by atoms with Gasteiger partial charge in [0.2, 0.25) is 10.5 Å². The summed E-state index contributed by atoms with van der Waals surface area (Å²) in [7, 11) is 0. The Morgan fingerprint density at radius 3 is 1.56 bits per heavy atom. The van der Waals surface area contributed by atoms with Crippen LogP contribution >= 0.6 is 35.3 Å². The van der Waals surface area contributed by atoms with Gasteiger partial charge in [-0.2, -0.15) is 0 Å². The minimum Gasteiger partial charge on any atom is -0.107 e. The molecule has 0 spiro atoms. The molecule has 0 aliphatic heterocycles. The van der Waals surface area contributed by atoms with Crippen LogP contribution < -0.4 is 0 Å². The van der Waals surface area contributed by atoms with Crippen molar-refractivity contribution in [2.24, 2.45) is 0 Å². The third-order valence-corrected chi connectivity index (χ3v) is 4.99. The van der Waals surface area contributed by atoms with Gasteiger partial charge >= 0.3 is 0 Å². The predicted molar refractivity (Wildman–Crippen MR) is 51.4 cm³/mol. The Kier molecular flexibility index (Phi) is 2.99. The normalized spacial score (nSPS) is 33.0. The fourth-order valence-corrected chi connectivity index (χ4v) is 5.04. The molecule has 1 fully saturated rings. The molecule has 52 valence electrons. The Morgan fingerprint density at radius 1 is 1.00 bits per heavy atom. The molecule has 0 radical (unpaired) electrons. The quantitative estimate of drug-likeness (QED) is 0.610. The lowest BCUT2D eigenvalue weighted by atomic mass is 11.0. The van der Waals surface area contributed by atoms with E-state index in [1.165, 1.54) is 0 Å². The van der Waals surface area contributed by atoms with Gasteiger partial charge in [0.25, 0.3) is 0 Å². The molecule has 0 amide bonds. The zero-order valence-corrected chi connectivity index (χ0v) is 8.33. The van der Waals surface area contributed by atoms with Gasteiger partial charge in [0.1, 0.15) is 0 Å². The molecule has 0 N–H and O–H groups in total. The minimum absolute atomic E-state index is 0.856. The van der Waals surface area contributed by atoms with Crippen LogP contribution in [0.4, 0.5) is 0 Å². The molecule has 0 aromatic carbocycles. The van der Waals surface area contributed by atoms with Gasteiger partial charge in [-0.1, -0.05) is 0 Å². The van der Waals surface area contributed by atoms with Crippen molar-refractivity contribution in [3.63, 3.8) is 0 Å². The third-order valence-electron chi connectivity index (χ3n) is 1.47. The summed E-state index contributed by atoms with van der Waals surface area (Å²) in [6.07, 6.45) is 6.56. The lowest BCUT2D eigenvalue weighted by Gasteiger charge is -1.74. The lowest BCUT2D eigenvalue weighted by Crippen LogP contribution is -1.77. The summed E-state index contributed by atoms with van der Waals surface area (Å²) in [5.74, 6) is 0. The Bertz CT molecular complexity index is 69.3. The molecular formula is C6H11S3+. The highest BCUT2D eigenvalue weighted by Gasteiger charge is 2.64. The van der Waals surface area contributed by atoms with Crippen LogP contribution in [0.1, 0.15) is 0 Å². The molecule has 0 aromatic heterocycles. The topological polar surface area (TPSA) is 0 Å². The zero-order valence-electron chi connectivity index (χ0n) is 5.88. The van der Waals surface area contributed by atoms with Gasteiger partial charge in [0.15, 0.2) is 5.25 Å². The monoisotopic (exact) mass is 179 g/mol. The molecule has 9 heavy (non-hydrogen) atoms. The number of rotatable bonds is 3. The molecule has 0 aromatic rings. The van der Waals surface area contributed by atoms with Gasteiger partial charge in [-0.25, -0.2) is 0 Å². The Labute approximate surface area is 69.9 Å². The molecule has 0 saturated heterocycles. The third kappa shape index (κ3) is 1.49. The largest absolute Gasteiger partial charge is 0.213 e. The van der Waals surface area contributed by atoms with Crippen LogP contribution in [0.2, 0.25) is 0 Å². The Hall–Kier alpha value is 0.920. The molecule has 1 aliphatic carbocycles. The van der Waals surface area contributed by atoms with E-state index in [2.05, 4.69) is 18.8 Å². The lowest BCUT2D eigenvalue weighted by molar-refractivity contribution is 1.54. The SMILES string of the molecule is CS[C+]1C(SC)C1SC. The highest BCUT2D eigenvalue weighted by Crippen LogP contribution is 2.55. The van der Waals surface area contributed by atoms with Gasteiger partial charge in [-0.15, -0.1) is 23.5 Å². The van der Waals surface area contributed by atoms with Crippen molar-refractivity contribution in [1.29, 1.82) is 0 Å². The molecule has 1 aliphatic rings. The van der Waals surface area contributed by atoms with Crippen molar-refractivity contribution in [3.8, 4) is 0 Å². The van der Waals surface area contributed by atoms with Crippen molar-refractivity contribution < 1.29 is 0 Å². The zero-order chi connectivity index (χ0) is 6.85. The molecule has 0 bridgehead atoms. The van der Waals surface area contributed by atoms with E-state index in [0.29, 0.717) is 0 Å². The first-order valence-electron chi connectivity index (χ1n) is 2.81. The van der Waals surface area contributed by atoms with Gasteiger partial charge < -0.3 is 0 Å². The Morgan fingerprint density at radius 2 is 1.44 bits per heavy atom. The fraction of sp³-hybridized carbons (Fsp3) is 0.833. The summed E-state index contributed by atoms with van der Waals surface area (Å²) in [4.78, 5) is 0. The van der Waals surface area contributed by atoms with Crippen molar-refractivity contribution in [2.45, 2.75) is 10.5 Å². The summed E-state index contributed by atoms with van der Waals surface area (Å²) < 4.78 is 0. The molecule has 3 heteroatoms. The highest BCUT2D eigenvalue weighted by molar-refractivity contribution is 8.10. The molecule has 1 rings (SSSR count). The van der Waals surface area contributed by atoms with Crippen LogP contribution in [0.15, 0.2) is 0 Å². The first-order valence-corrected chi connectivity index (χ1v) is 6.61. The minimum atomic E-state index is 0.856. The van der Waals surface area contributed by atoms with Gasteiger partial charge in [0, 0.05) is 6.26 Å². The second-order valence-electron chi connectivity index (χ2n) is 1.92. The predicted octanol–water partition coefficient (Wildman–Crippen LogP) is 2.36. The van der Waals surface area contributed by atoms with Crippen LogP contribution in [0.25, 0.3) is 0 Å². The fourth-order valence-electron chi connectivity index (χ4n) is 0.908. The Balaban J connectivity index is 2.26. The van der Waals surface area contributed by atoms with E-state index < -0.39 is 0 Å². The first-order chi connectivity index (χ1) is 4.35.